The van der Waals surface area contributed by atoms with Crippen LogP contribution in [0.15, 0.2) is 48.5 Å². The molecule has 0 bridgehead atoms. The van der Waals surface area contributed by atoms with Crippen molar-refractivity contribution < 1.29 is 17.6 Å². The van der Waals surface area contributed by atoms with Gasteiger partial charge in [-0.2, -0.15) is 15.0 Å². The Hall–Kier alpha value is -3.64. The van der Waals surface area contributed by atoms with Gasteiger partial charge in [-0.3, -0.25) is 0 Å². The van der Waals surface area contributed by atoms with Crippen molar-refractivity contribution in [2.24, 2.45) is 11.8 Å². The van der Waals surface area contributed by atoms with Crippen LogP contribution in [0.1, 0.15) is 101 Å². The Kier molecular flexibility index (Phi) is 11.8. The standard InChI is InChI=1S/C45H47F4N3S4/c1-10-17-52-50-42-36(34-20-26(18-22(2)3)44(55-34)25(8)9)40(48)41(49)37(43(42)51-52)35-21-27(19-23(4)5)45(56-35)33-16-15-32(54-33)29-12-11-28(38(46)39(29)47)31-14-13-30(53-31)24(6)7/h11-16,20-25H,10,17-19H2,1-9H3. The topological polar surface area (TPSA) is 30.7 Å². The van der Waals surface area contributed by atoms with Crippen LogP contribution >= 0.6 is 45.3 Å². The van der Waals surface area contributed by atoms with Crippen molar-refractivity contribution in [3.05, 3.63) is 92.7 Å². The number of fused-ring (bicyclic) bond motifs is 1. The maximum atomic E-state index is 16.8. The van der Waals surface area contributed by atoms with Crippen LogP contribution in [0, 0.1) is 35.1 Å². The van der Waals surface area contributed by atoms with Gasteiger partial charge in [0.05, 0.1) is 17.7 Å². The first-order valence-electron chi connectivity index (χ1n) is 19.4. The molecule has 7 aromatic rings. The molecular weight excluding hydrogens is 787 g/mol. The zero-order chi connectivity index (χ0) is 40.2. The van der Waals surface area contributed by atoms with Crippen LogP contribution in [0.3, 0.4) is 0 Å². The minimum atomic E-state index is -0.944. The molecule has 5 aromatic heterocycles. The molecule has 0 atom stereocenters. The summed E-state index contributed by atoms with van der Waals surface area (Å²) in [6, 6.07) is 14.8. The third-order valence-electron chi connectivity index (χ3n) is 9.75. The maximum absolute atomic E-state index is 16.8. The first kappa shape index (κ1) is 40.6. The lowest BCUT2D eigenvalue weighted by atomic mass is 9.97. The highest BCUT2D eigenvalue weighted by molar-refractivity contribution is 7.25. The smallest absolute Gasteiger partial charge is 0.170 e. The minimum Gasteiger partial charge on any atom is -0.203 e. The lowest BCUT2D eigenvalue weighted by Gasteiger charge is -2.08. The molecule has 0 amide bonds. The zero-order valence-corrected chi connectivity index (χ0v) is 36.5. The molecule has 0 spiro atoms. The van der Waals surface area contributed by atoms with E-state index < -0.39 is 23.3 Å². The van der Waals surface area contributed by atoms with E-state index in [1.807, 2.05) is 43.3 Å². The summed E-state index contributed by atoms with van der Waals surface area (Å²) in [7, 11) is 0. The van der Waals surface area contributed by atoms with Gasteiger partial charge in [-0.05, 0) is 103 Å². The van der Waals surface area contributed by atoms with Crippen molar-refractivity contribution in [2.75, 3.05) is 0 Å². The number of rotatable bonds is 13. The Balaban J connectivity index is 1.34. The molecular formula is C45H47F4N3S4. The van der Waals surface area contributed by atoms with Crippen LogP contribution in [-0.4, -0.2) is 15.0 Å². The summed E-state index contributed by atoms with van der Waals surface area (Å²) in [5.41, 5.74) is 3.51. The van der Waals surface area contributed by atoms with Crippen molar-refractivity contribution in [2.45, 2.75) is 100.0 Å². The molecule has 5 heterocycles. The fraction of sp³-hybridized carbons (Fsp3) is 0.378. The van der Waals surface area contributed by atoms with Gasteiger partial charge in [0.2, 0.25) is 0 Å². The van der Waals surface area contributed by atoms with Crippen LogP contribution in [0.25, 0.3) is 62.6 Å². The number of nitrogens with zero attached hydrogens (tertiary/aromatic N) is 3. The van der Waals surface area contributed by atoms with E-state index in [-0.39, 0.29) is 34.1 Å². The van der Waals surface area contributed by atoms with E-state index in [1.54, 1.807) is 16.9 Å². The van der Waals surface area contributed by atoms with Gasteiger partial charge >= 0.3 is 0 Å². The number of benzene rings is 2. The SMILES string of the molecule is CCCn1nc2c(-c3cc(CC(C)C)c(-c4ccc(-c5ccc(-c6ccc(C(C)C)s6)c(F)c5F)s4)s3)c(F)c(F)c(-c3cc(CC(C)C)c(C(C)C)s3)c2n1. The van der Waals surface area contributed by atoms with Gasteiger partial charge in [0.15, 0.2) is 23.3 Å². The molecule has 0 saturated heterocycles. The summed E-state index contributed by atoms with van der Waals surface area (Å²) in [4.78, 5) is 8.06. The quantitative estimate of drug-likeness (QED) is 0.108. The summed E-state index contributed by atoms with van der Waals surface area (Å²) in [5.74, 6) is -2.41. The predicted octanol–water partition coefficient (Wildman–Crippen LogP) is 15.6. The predicted molar refractivity (Wildman–Crippen MR) is 232 cm³/mol. The number of hydrogen-bond acceptors (Lipinski definition) is 6. The summed E-state index contributed by atoms with van der Waals surface area (Å²) < 4.78 is 65.0. The Morgan fingerprint density at radius 2 is 1.07 bits per heavy atom. The lowest BCUT2D eigenvalue weighted by Crippen LogP contribution is -2.00. The Morgan fingerprint density at radius 1 is 0.554 bits per heavy atom. The van der Waals surface area contributed by atoms with Gasteiger partial charge in [-0.25, -0.2) is 17.6 Å². The number of aromatic nitrogens is 3. The van der Waals surface area contributed by atoms with Crippen molar-refractivity contribution in [1.29, 1.82) is 0 Å². The van der Waals surface area contributed by atoms with Crippen molar-refractivity contribution >= 4 is 56.4 Å². The number of aryl methyl sites for hydroxylation is 1. The summed E-state index contributed by atoms with van der Waals surface area (Å²) in [6.07, 6.45) is 2.30. The molecule has 0 aliphatic rings. The molecule has 3 nitrogen and oxygen atoms in total. The van der Waals surface area contributed by atoms with Gasteiger partial charge < -0.3 is 0 Å². The third-order valence-corrected chi connectivity index (χ3v) is 15.2. The molecule has 294 valence electrons. The van der Waals surface area contributed by atoms with Gasteiger partial charge in [0.1, 0.15) is 11.0 Å². The average molecular weight is 834 g/mol. The van der Waals surface area contributed by atoms with Crippen LogP contribution in [-0.2, 0) is 19.4 Å². The summed E-state index contributed by atoms with van der Waals surface area (Å²) in [6.45, 7) is 19.5. The van der Waals surface area contributed by atoms with Crippen LogP contribution in [0.2, 0.25) is 0 Å². The van der Waals surface area contributed by atoms with Gasteiger partial charge in [0, 0.05) is 50.1 Å². The van der Waals surface area contributed by atoms with Crippen molar-refractivity contribution in [1.82, 2.24) is 15.0 Å². The summed E-state index contributed by atoms with van der Waals surface area (Å²) in [5, 5.41) is 9.57. The molecule has 2 aromatic carbocycles. The molecule has 56 heavy (non-hydrogen) atoms. The molecule has 0 radical (unpaired) electrons. The number of halogens is 4. The fourth-order valence-corrected chi connectivity index (χ4v) is 11.9. The van der Waals surface area contributed by atoms with E-state index >= 15 is 17.6 Å². The molecule has 0 unspecified atom stereocenters. The molecule has 0 saturated carbocycles. The van der Waals surface area contributed by atoms with E-state index in [0.29, 0.717) is 55.3 Å². The first-order valence-corrected chi connectivity index (χ1v) is 22.6. The maximum Gasteiger partial charge on any atom is 0.170 e. The highest BCUT2D eigenvalue weighted by Gasteiger charge is 2.30. The first-order chi connectivity index (χ1) is 26.7. The second-order valence-corrected chi connectivity index (χ2v) is 20.3. The second kappa shape index (κ2) is 16.3. The van der Waals surface area contributed by atoms with E-state index in [9.17, 15) is 0 Å². The highest BCUT2D eigenvalue weighted by Crippen LogP contribution is 2.49. The van der Waals surface area contributed by atoms with E-state index in [0.717, 1.165) is 38.6 Å². The third kappa shape index (κ3) is 7.68. The van der Waals surface area contributed by atoms with E-state index in [2.05, 4.69) is 55.4 Å². The lowest BCUT2D eigenvalue weighted by molar-refractivity contribution is 0.514. The Bertz CT molecular complexity index is 2530. The zero-order valence-electron chi connectivity index (χ0n) is 33.2. The molecule has 0 fully saturated rings. The number of thiophene rings is 4. The van der Waals surface area contributed by atoms with Gasteiger partial charge in [-0.1, -0.05) is 62.3 Å². The van der Waals surface area contributed by atoms with Gasteiger partial charge in [-0.15, -0.1) is 45.3 Å². The normalized spacial score (nSPS) is 12.2. The minimum absolute atomic E-state index is 0.0996. The average Bonchev–Trinajstić information content (AvgIpc) is 3.97. The highest BCUT2D eigenvalue weighted by atomic mass is 32.1. The monoisotopic (exact) mass is 833 g/mol. The van der Waals surface area contributed by atoms with E-state index in [4.69, 9.17) is 10.2 Å². The van der Waals surface area contributed by atoms with Crippen LogP contribution < -0.4 is 0 Å². The molecule has 7 rings (SSSR count). The molecule has 0 aliphatic heterocycles. The molecule has 11 heteroatoms. The molecule has 0 N–H and O–H groups in total. The van der Waals surface area contributed by atoms with Crippen LogP contribution in [0.5, 0.6) is 0 Å². The summed E-state index contributed by atoms with van der Waals surface area (Å²) >= 11 is 5.71. The van der Waals surface area contributed by atoms with E-state index in [1.165, 1.54) is 50.2 Å². The van der Waals surface area contributed by atoms with Crippen molar-refractivity contribution in [3.8, 4) is 51.5 Å². The Labute approximate surface area is 343 Å². The molecule has 0 aliphatic carbocycles. The largest absolute Gasteiger partial charge is 0.203 e. The van der Waals surface area contributed by atoms with Crippen LogP contribution in [0.4, 0.5) is 17.6 Å². The van der Waals surface area contributed by atoms with Gasteiger partial charge in [0.25, 0.3) is 0 Å². The van der Waals surface area contributed by atoms with Crippen molar-refractivity contribution in [3.63, 3.8) is 0 Å². The second-order valence-electron chi connectivity index (χ2n) is 16.0. The fourth-order valence-electron chi connectivity index (χ4n) is 7.21. The number of hydrogen-bond donors (Lipinski definition) is 0. The Morgan fingerprint density at radius 3 is 1.61 bits per heavy atom.